The maximum atomic E-state index is 12.1. The summed E-state index contributed by atoms with van der Waals surface area (Å²) in [7, 11) is 0. The van der Waals surface area contributed by atoms with Crippen molar-refractivity contribution >= 4 is 33.4 Å². The molecule has 3 aromatic carbocycles. The fourth-order valence-corrected chi connectivity index (χ4v) is 2.99. The molecule has 142 valence electrons. The zero-order chi connectivity index (χ0) is 19.9. The van der Waals surface area contributed by atoms with Gasteiger partial charge in [-0.3, -0.25) is 9.59 Å². The SMILES string of the molecule is Cc1cccc(Oc2ccc(NC(=O)CNC(=O)c3ccccc3Br)cc2)c1. The Morgan fingerprint density at radius 1 is 0.929 bits per heavy atom. The van der Waals surface area contributed by atoms with Crippen LogP contribution in [0.1, 0.15) is 15.9 Å². The van der Waals surface area contributed by atoms with Gasteiger partial charge in [0, 0.05) is 10.2 Å². The van der Waals surface area contributed by atoms with Gasteiger partial charge < -0.3 is 15.4 Å². The summed E-state index contributed by atoms with van der Waals surface area (Å²) < 4.78 is 6.46. The molecule has 0 spiro atoms. The van der Waals surface area contributed by atoms with Crippen molar-refractivity contribution in [2.24, 2.45) is 0 Å². The summed E-state index contributed by atoms with van der Waals surface area (Å²) in [5.74, 6) is 0.801. The van der Waals surface area contributed by atoms with E-state index in [9.17, 15) is 9.59 Å². The predicted molar refractivity (Wildman–Crippen MR) is 113 cm³/mol. The number of carbonyl (C=O) groups excluding carboxylic acids is 2. The molecule has 0 atom stereocenters. The van der Waals surface area contributed by atoms with Crippen LogP contribution in [-0.2, 0) is 4.79 Å². The van der Waals surface area contributed by atoms with Crippen molar-refractivity contribution in [1.29, 1.82) is 0 Å². The van der Waals surface area contributed by atoms with Gasteiger partial charge in [0.2, 0.25) is 5.91 Å². The van der Waals surface area contributed by atoms with Crippen LogP contribution >= 0.6 is 15.9 Å². The van der Waals surface area contributed by atoms with E-state index in [1.54, 1.807) is 42.5 Å². The maximum absolute atomic E-state index is 12.1. The van der Waals surface area contributed by atoms with Gasteiger partial charge in [-0.15, -0.1) is 0 Å². The minimum absolute atomic E-state index is 0.123. The molecule has 0 saturated heterocycles. The second kappa shape index (κ2) is 9.19. The summed E-state index contributed by atoms with van der Waals surface area (Å²) in [6, 6.07) is 21.9. The molecule has 0 radical (unpaired) electrons. The van der Waals surface area contributed by atoms with Crippen LogP contribution in [0.3, 0.4) is 0 Å². The summed E-state index contributed by atoms with van der Waals surface area (Å²) >= 11 is 3.32. The van der Waals surface area contributed by atoms with Crippen molar-refractivity contribution < 1.29 is 14.3 Å². The molecule has 2 amide bonds. The van der Waals surface area contributed by atoms with Crippen LogP contribution in [0.5, 0.6) is 11.5 Å². The molecule has 0 bridgehead atoms. The smallest absolute Gasteiger partial charge is 0.252 e. The number of rotatable bonds is 6. The molecule has 0 aliphatic carbocycles. The number of nitrogens with one attached hydrogen (secondary N) is 2. The molecule has 0 saturated carbocycles. The van der Waals surface area contributed by atoms with Crippen LogP contribution in [0.4, 0.5) is 5.69 Å². The molecule has 0 aliphatic rings. The Balaban J connectivity index is 1.51. The van der Waals surface area contributed by atoms with Gasteiger partial charge >= 0.3 is 0 Å². The van der Waals surface area contributed by atoms with Gasteiger partial charge in [-0.1, -0.05) is 24.3 Å². The van der Waals surface area contributed by atoms with E-state index < -0.39 is 0 Å². The molecule has 28 heavy (non-hydrogen) atoms. The van der Waals surface area contributed by atoms with Crippen LogP contribution < -0.4 is 15.4 Å². The van der Waals surface area contributed by atoms with Gasteiger partial charge in [0.25, 0.3) is 5.91 Å². The highest BCUT2D eigenvalue weighted by Crippen LogP contribution is 2.23. The molecule has 0 aromatic heterocycles. The van der Waals surface area contributed by atoms with Gasteiger partial charge in [0.05, 0.1) is 12.1 Å². The molecule has 0 fully saturated rings. The van der Waals surface area contributed by atoms with E-state index in [1.807, 2.05) is 37.3 Å². The number of ether oxygens (including phenoxy) is 1. The predicted octanol–water partition coefficient (Wildman–Crippen LogP) is 4.92. The summed E-state index contributed by atoms with van der Waals surface area (Å²) in [5, 5.41) is 5.35. The third-order valence-corrected chi connectivity index (χ3v) is 4.58. The first-order valence-corrected chi connectivity index (χ1v) is 9.48. The summed E-state index contributed by atoms with van der Waals surface area (Å²) in [6.07, 6.45) is 0. The minimum atomic E-state index is -0.315. The molecule has 0 unspecified atom stereocenters. The first-order chi connectivity index (χ1) is 13.5. The molecule has 3 rings (SSSR count). The number of amides is 2. The van der Waals surface area contributed by atoms with Crippen LogP contribution in [0.25, 0.3) is 0 Å². The van der Waals surface area contributed by atoms with Crippen molar-refractivity contribution in [3.8, 4) is 11.5 Å². The highest BCUT2D eigenvalue weighted by Gasteiger charge is 2.11. The lowest BCUT2D eigenvalue weighted by Crippen LogP contribution is -2.33. The monoisotopic (exact) mass is 438 g/mol. The molecule has 5 nitrogen and oxygen atoms in total. The average molecular weight is 439 g/mol. The number of anilines is 1. The van der Waals surface area contributed by atoms with E-state index in [1.165, 1.54) is 0 Å². The average Bonchev–Trinajstić information content (AvgIpc) is 2.68. The molecule has 3 aromatic rings. The van der Waals surface area contributed by atoms with E-state index >= 15 is 0 Å². The first-order valence-electron chi connectivity index (χ1n) is 8.68. The zero-order valence-electron chi connectivity index (χ0n) is 15.2. The zero-order valence-corrected chi connectivity index (χ0v) is 16.8. The lowest BCUT2D eigenvalue weighted by molar-refractivity contribution is -0.115. The quantitative estimate of drug-likeness (QED) is 0.573. The van der Waals surface area contributed by atoms with Gasteiger partial charge in [-0.2, -0.15) is 0 Å². The van der Waals surface area contributed by atoms with Crippen molar-refractivity contribution in [2.75, 3.05) is 11.9 Å². The van der Waals surface area contributed by atoms with Crippen LogP contribution in [0, 0.1) is 6.92 Å². The van der Waals surface area contributed by atoms with Gasteiger partial charge in [0.15, 0.2) is 0 Å². The van der Waals surface area contributed by atoms with Gasteiger partial charge in [-0.25, -0.2) is 0 Å². The molecular weight excluding hydrogens is 420 g/mol. The van der Waals surface area contributed by atoms with Crippen molar-refractivity contribution in [3.63, 3.8) is 0 Å². The van der Waals surface area contributed by atoms with E-state index in [-0.39, 0.29) is 18.4 Å². The third kappa shape index (κ3) is 5.44. The molecule has 0 heterocycles. The Morgan fingerprint density at radius 2 is 1.68 bits per heavy atom. The number of benzene rings is 3. The maximum Gasteiger partial charge on any atom is 0.252 e. The minimum Gasteiger partial charge on any atom is -0.457 e. The van der Waals surface area contributed by atoms with E-state index in [0.29, 0.717) is 21.5 Å². The highest BCUT2D eigenvalue weighted by molar-refractivity contribution is 9.10. The van der Waals surface area contributed by atoms with Crippen LogP contribution in [-0.4, -0.2) is 18.4 Å². The lowest BCUT2D eigenvalue weighted by atomic mass is 10.2. The van der Waals surface area contributed by atoms with Crippen LogP contribution in [0.15, 0.2) is 77.3 Å². The number of hydrogen-bond acceptors (Lipinski definition) is 3. The largest absolute Gasteiger partial charge is 0.457 e. The second-order valence-electron chi connectivity index (χ2n) is 6.15. The number of carbonyl (C=O) groups is 2. The fourth-order valence-electron chi connectivity index (χ4n) is 2.53. The Kier molecular flexibility index (Phi) is 6.45. The van der Waals surface area contributed by atoms with E-state index in [4.69, 9.17) is 4.74 Å². The Hall–Kier alpha value is -3.12. The highest BCUT2D eigenvalue weighted by atomic mass is 79.9. The lowest BCUT2D eigenvalue weighted by Gasteiger charge is -2.09. The Morgan fingerprint density at radius 3 is 2.39 bits per heavy atom. The normalized spacial score (nSPS) is 10.2. The van der Waals surface area contributed by atoms with Crippen molar-refractivity contribution in [2.45, 2.75) is 6.92 Å². The number of halogens is 1. The summed E-state index contributed by atoms with van der Waals surface area (Å²) in [6.45, 7) is 1.88. The number of hydrogen-bond donors (Lipinski definition) is 2. The van der Waals surface area contributed by atoms with Gasteiger partial charge in [0.1, 0.15) is 11.5 Å². The van der Waals surface area contributed by atoms with Gasteiger partial charge in [-0.05, 0) is 76.9 Å². The Bertz CT molecular complexity index is 987. The fraction of sp³-hybridized carbons (Fsp3) is 0.0909. The Labute approximate surface area is 171 Å². The van der Waals surface area contributed by atoms with Crippen molar-refractivity contribution in [3.05, 3.63) is 88.4 Å². The number of aryl methyl sites for hydroxylation is 1. The summed E-state index contributed by atoms with van der Waals surface area (Å²) in [5.41, 5.74) is 2.22. The summed E-state index contributed by atoms with van der Waals surface area (Å²) in [4.78, 5) is 24.2. The third-order valence-electron chi connectivity index (χ3n) is 3.89. The van der Waals surface area contributed by atoms with Crippen LogP contribution in [0.2, 0.25) is 0 Å². The molecule has 2 N–H and O–H groups in total. The van der Waals surface area contributed by atoms with E-state index in [2.05, 4.69) is 26.6 Å². The molecule has 0 aliphatic heterocycles. The van der Waals surface area contributed by atoms with E-state index in [0.717, 1.165) is 11.3 Å². The second-order valence-corrected chi connectivity index (χ2v) is 7.01. The first kappa shape index (κ1) is 19.6. The topological polar surface area (TPSA) is 67.4 Å². The molecular formula is C22H19BrN2O3. The van der Waals surface area contributed by atoms with Crippen molar-refractivity contribution in [1.82, 2.24) is 5.32 Å². The molecule has 6 heteroatoms. The standard InChI is InChI=1S/C22H19BrN2O3/c1-15-5-4-6-18(13-15)28-17-11-9-16(10-12-17)25-21(26)14-24-22(27)19-7-2-3-8-20(19)23/h2-13H,14H2,1H3,(H,24,27)(H,25,26).